The Morgan fingerprint density at radius 3 is 2.48 bits per heavy atom. The standard InChI is InChI=1S/C19H24F2N4O4/c1-13-10-17(23-29-13)22-18(27)12-25-8-6-24(7-9-25)11-16(26)14-2-4-15(5-3-14)28-19(20)21/h2-5,10,16,19,26H,6-9,11-12H2,1H3,(H,22,23,27)/t16-/m1/s1. The van der Waals surface area contributed by atoms with Crippen molar-refractivity contribution in [3.8, 4) is 5.75 Å². The Balaban J connectivity index is 1.40. The minimum atomic E-state index is -2.87. The highest BCUT2D eigenvalue weighted by Gasteiger charge is 2.22. The van der Waals surface area contributed by atoms with Crippen molar-refractivity contribution in [2.45, 2.75) is 19.6 Å². The lowest BCUT2D eigenvalue weighted by molar-refractivity contribution is -0.117. The van der Waals surface area contributed by atoms with Gasteiger partial charge in [0.15, 0.2) is 5.82 Å². The van der Waals surface area contributed by atoms with E-state index in [2.05, 4.69) is 20.1 Å². The molecule has 1 aromatic carbocycles. The molecule has 1 fully saturated rings. The Morgan fingerprint density at radius 1 is 1.24 bits per heavy atom. The molecule has 158 valence electrons. The molecule has 0 unspecified atom stereocenters. The van der Waals surface area contributed by atoms with E-state index in [0.29, 0.717) is 49.9 Å². The van der Waals surface area contributed by atoms with E-state index in [0.717, 1.165) is 0 Å². The number of aliphatic hydroxyl groups is 1. The molecule has 8 nitrogen and oxygen atoms in total. The van der Waals surface area contributed by atoms with Crippen LogP contribution in [0.25, 0.3) is 0 Å². The molecule has 29 heavy (non-hydrogen) atoms. The molecule has 0 bridgehead atoms. The molecule has 0 aliphatic carbocycles. The van der Waals surface area contributed by atoms with Crippen LogP contribution >= 0.6 is 0 Å². The second-order valence-corrected chi connectivity index (χ2v) is 6.91. The summed E-state index contributed by atoms with van der Waals surface area (Å²) in [7, 11) is 0. The molecular formula is C19H24F2N4O4. The van der Waals surface area contributed by atoms with Crippen LogP contribution in [-0.2, 0) is 4.79 Å². The molecule has 2 aromatic rings. The second-order valence-electron chi connectivity index (χ2n) is 6.91. The Labute approximate surface area is 167 Å². The molecule has 2 heterocycles. The van der Waals surface area contributed by atoms with E-state index in [9.17, 15) is 18.7 Å². The molecule has 1 atom stereocenters. The zero-order valence-corrected chi connectivity index (χ0v) is 16.1. The number of benzene rings is 1. The zero-order chi connectivity index (χ0) is 20.8. The van der Waals surface area contributed by atoms with E-state index in [-0.39, 0.29) is 18.2 Å². The van der Waals surface area contributed by atoms with E-state index in [4.69, 9.17) is 4.52 Å². The third kappa shape index (κ3) is 6.48. The third-order valence-electron chi connectivity index (χ3n) is 4.65. The second kappa shape index (κ2) is 9.77. The van der Waals surface area contributed by atoms with Gasteiger partial charge in [-0.15, -0.1) is 0 Å². The highest BCUT2D eigenvalue weighted by atomic mass is 19.3. The number of amides is 1. The van der Waals surface area contributed by atoms with Crippen LogP contribution in [0.1, 0.15) is 17.4 Å². The SMILES string of the molecule is Cc1cc(NC(=O)CN2CCN(C[C@@H](O)c3ccc(OC(F)F)cc3)CC2)no1. The van der Waals surface area contributed by atoms with Crippen molar-refractivity contribution in [3.63, 3.8) is 0 Å². The largest absolute Gasteiger partial charge is 0.435 e. The van der Waals surface area contributed by atoms with Crippen molar-refractivity contribution >= 4 is 11.7 Å². The summed E-state index contributed by atoms with van der Waals surface area (Å²) < 4.78 is 33.6. The summed E-state index contributed by atoms with van der Waals surface area (Å²) in [5.41, 5.74) is 0.635. The Bertz CT molecular complexity index is 792. The first-order chi connectivity index (χ1) is 13.9. The van der Waals surface area contributed by atoms with Gasteiger partial charge in [-0.1, -0.05) is 17.3 Å². The van der Waals surface area contributed by atoms with Gasteiger partial charge < -0.3 is 19.7 Å². The zero-order valence-electron chi connectivity index (χ0n) is 16.1. The Morgan fingerprint density at radius 2 is 1.90 bits per heavy atom. The number of nitrogens with zero attached hydrogens (tertiary/aromatic N) is 3. The van der Waals surface area contributed by atoms with Gasteiger partial charge in [-0.2, -0.15) is 8.78 Å². The fourth-order valence-electron chi connectivity index (χ4n) is 3.16. The highest BCUT2D eigenvalue weighted by Crippen LogP contribution is 2.20. The lowest BCUT2D eigenvalue weighted by atomic mass is 10.1. The fraction of sp³-hybridized carbons (Fsp3) is 0.474. The smallest absolute Gasteiger partial charge is 0.387 e. The minimum Gasteiger partial charge on any atom is -0.435 e. The van der Waals surface area contributed by atoms with Crippen molar-refractivity contribution in [2.75, 3.05) is 44.6 Å². The number of anilines is 1. The number of aliphatic hydroxyl groups excluding tert-OH is 1. The predicted molar refractivity (Wildman–Crippen MR) is 101 cm³/mol. The number of carbonyl (C=O) groups excluding carboxylic acids is 1. The van der Waals surface area contributed by atoms with Gasteiger partial charge in [0.25, 0.3) is 0 Å². The number of carbonyl (C=O) groups is 1. The Hall–Kier alpha value is -2.56. The normalized spacial score (nSPS) is 16.7. The first-order valence-corrected chi connectivity index (χ1v) is 9.30. The number of β-amino-alcohol motifs (C(OH)–C–C–N with tert-alkyl or cyclic N) is 1. The summed E-state index contributed by atoms with van der Waals surface area (Å²) >= 11 is 0. The van der Waals surface area contributed by atoms with E-state index in [1.807, 2.05) is 4.90 Å². The van der Waals surface area contributed by atoms with Crippen LogP contribution in [0.3, 0.4) is 0 Å². The van der Waals surface area contributed by atoms with E-state index in [1.54, 1.807) is 25.1 Å². The maximum Gasteiger partial charge on any atom is 0.387 e. The number of nitrogens with one attached hydrogen (secondary N) is 1. The third-order valence-corrected chi connectivity index (χ3v) is 4.65. The quantitative estimate of drug-likeness (QED) is 0.687. The fourth-order valence-corrected chi connectivity index (χ4v) is 3.16. The molecule has 1 saturated heterocycles. The van der Waals surface area contributed by atoms with Gasteiger partial charge in [-0.3, -0.25) is 14.6 Å². The molecule has 1 aliphatic rings. The minimum absolute atomic E-state index is 0.0589. The maximum atomic E-state index is 12.2. The van der Waals surface area contributed by atoms with Crippen LogP contribution < -0.4 is 10.1 Å². The van der Waals surface area contributed by atoms with Crippen LogP contribution in [0.4, 0.5) is 14.6 Å². The monoisotopic (exact) mass is 410 g/mol. The average molecular weight is 410 g/mol. The number of aromatic nitrogens is 1. The first kappa shape index (κ1) is 21.2. The van der Waals surface area contributed by atoms with Gasteiger partial charge in [-0.25, -0.2) is 0 Å². The number of alkyl halides is 2. The molecule has 0 spiro atoms. The summed E-state index contributed by atoms with van der Waals surface area (Å²) in [6.45, 7) is 2.37. The number of hydrogen-bond acceptors (Lipinski definition) is 7. The molecule has 1 amide bonds. The number of rotatable bonds is 8. The van der Waals surface area contributed by atoms with Gasteiger partial charge >= 0.3 is 6.61 Å². The summed E-state index contributed by atoms with van der Waals surface area (Å²) in [6.07, 6.45) is -0.735. The molecule has 3 rings (SSSR count). The molecule has 10 heteroatoms. The van der Waals surface area contributed by atoms with Gasteiger partial charge in [0.05, 0.1) is 12.6 Å². The molecule has 1 aromatic heterocycles. The van der Waals surface area contributed by atoms with Crippen molar-refractivity contribution in [1.82, 2.24) is 15.0 Å². The van der Waals surface area contributed by atoms with Crippen molar-refractivity contribution in [3.05, 3.63) is 41.7 Å². The van der Waals surface area contributed by atoms with Gasteiger partial charge in [0.1, 0.15) is 11.5 Å². The van der Waals surface area contributed by atoms with Crippen molar-refractivity contribution < 1.29 is 27.9 Å². The molecular weight excluding hydrogens is 386 g/mol. The van der Waals surface area contributed by atoms with E-state index < -0.39 is 12.7 Å². The van der Waals surface area contributed by atoms with Crippen LogP contribution in [0, 0.1) is 6.92 Å². The number of piperazine rings is 1. The summed E-state index contributed by atoms with van der Waals surface area (Å²) in [5, 5.41) is 16.8. The van der Waals surface area contributed by atoms with Crippen LogP contribution in [0.5, 0.6) is 5.75 Å². The highest BCUT2D eigenvalue weighted by molar-refractivity contribution is 5.91. The van der Waals surface area contributed by atoms with Crippen LogP contribution in [0.2, 0.25) is 0 Å². The molecule has 1 aliphatic heterocycles. The molecule has 0 radical (unpaired) electrons. The number of hydrogen-bond donors (Lipinski definition) is 2. The van der Waals surface area contributed by atoms with E-state index >= 15 is 0 Å². The predicted octanol–water partition coefficient (Wildman–Crippen LogP) is 1.87. The average Bonchev–Trinajstić information content (AvgIpc) is 3.08. The van der Waals surface area contributed by atoms with Crippen LogP contribution in [0.15, 0.2) is 34.9 Å². The molecule has 0 saturated carbocycles. The molecule has 2 N–H and O–H groups in total. The first-order valence-electron chi connectivity index (χ1n) is 9.30. The summed E-state index contributed by atoms with van der Waals surface area (Å²) in [6, 6.07) is 7.64. The summed E-state index contributed by atoms with van der Waals surface area (Å²) in [5.74, 6) is 0.935. The van der Waals surface area contributed by atoms with E-state index in [1.165, 1.54) is 12.1 Å². The number of halogens is 2. The van der Waals surface area contributed by atoms with Gasteiger partial charge in [0.2, 0.25) is 5.91 Å². The number of ether oxygens (including phenoxy) is 1. The summed E-state index contributed by atoms with van der Waals surface area (Å²) in [4.78, 5) is 16.2. The lowest BCUT2D eigenvalue weighted by Crippen LogP contribution is -2.49. The van der Waals surface area contributed by atoms with Gasteiger partial charge in [0, 0.05) is 38.8 Å². The number of aryl methyl sites for hydroxylation is 1. The van der Waals surface area contributed by atoms with Gasteiger partial charge in [-0.05, 0) is 24.6 Å². The van der Waals surface area contributed by atoms with Crippen molar-refractivity contribution in [1.29, 1.82) is 0 Å². The van der Waals surface area contributed by atoms with Crippen molar-refractivity contribution in [2.24, 2.45) is 0 Å². The Kier molecular flexibility index (Phi) is 7.13. The maximum absolute atomic E-state index is 12.2. The van der Waals surface area contributed by atoms with Crippen LogP contribution in [-0.4, -0.2) is 71.9 Å². The lowest BCUT2D eigenvalue weighted by Gasteiger charge is -2.35. The topological polar surface area (TPSA) is 91.1 Å².